The van der Waals surface area contributed by atoms with Crippen molar-refractivity contribution in [3.63, 3.8) is 0 Å². The fraction of sp³-hybridized carbons (Fsp3) is 0.800. The third-order valence-electron chi connectivity index (χ3n) is 2.95. The molecule has 86 valence electrons. The van der Waals surface area contributed by atoms with E-state index in [4.69, 9.17) is 5.11 Å². The first-order valence-electron chi connectivity index (χ1n) is 5.19. The number of amides is 2. The Morgan fingerprint density at radius 2 is 1.93 bits per heavy atom. The van der Waals surface area contributed by atoms with Crippen molar-refractivity contribution in [3.05, 3.63) is 0 Å². The van der Waals surface area contributed by atoms with Crippen LogP contribution >= 0.6 is 0 Å². The van der Waals surface area contributed by atoms with Crippen LogP contribution in [0.2, 0.25) is 0 Å². The highest BCUT2D eigenvalue weighted by atomic mass is 16.4. The van der Waals surface area contributed by atoms with Gasteiger partial charge in [-0.3, -0.25) is 4.79 Å². The van der Waals surface area contributed by atoms with E-state index in [2.05, 4.69) is 5.32 Å². The first-order valence-corrected chi connectivity index (χ1v) is 5.19. The van der Waals surface area contributed by atoms with E-state index in [9.17, 15) is 9.59 Å². The van der Waals surface area contributed by atoms with Gasteiger partial charge >= 0.3 is 12.0 Å². The normalized spacial score (nSPS) is 19.1. The van der Waals surface area contributed by atoms with E-state index in [0.717, 1.165) is 12.8 Å². The standard InChI is InChI=1S/C10H18N2O3/c1-6(9(13)14)11-10(15)12(3)7(2)8-4-5-8/h6-8H,4-5H2,1-3H3,(H,11,15)(H,13,14)/t6-,7?/m0/s1. The van der Waals surface area contributed by atoms with E-state index in [-0.39, 0.29) is 12.1 Å². The molecule has 1 aliphatic rings. The predicted molar refractivity (Wildman–Crippen MR) is 55.6 cm³/mol. The van der Waals surface area contributed by atoms with Gasteiger partial charge in [-0.1, -0.05) is 0 Å². The number of rotatable bonds is 4. The van der Waals surface area contributed by atoms with Gasteiger partial charge < -0.3 is 15.3 Å². The Hall–Kier alpha value is -1.26. The number of nitrogens with one attached hydrogen (secondary N) is 1. The third kappa shape index (κ3) is 3.11. The molecule has 0 aromatic rings. The Labute approximate surface area is 89.4 Å². The van der Waals surface area contributed by atoms with E-state index in [0.29, 0.717) is 5.92 Å². The molecule has 0 aromatic heterocycles. The summed E-state index contributed by atoms with van der Waals surface area (Å²) in [5.74, 6) is -0.434. The second-order valence-electron chi connectivity index (χ2n) is 4.20. The molecule has 0 aromatic carbocycles. The van der Waals surface area contributed by atoms with Gasteiger partial charge in [0.25, 0.3) is 0 Å². The van der Waals surface area contributed by atoms with Gasteiger partial charge in [0.1, 0.15) is 6.04 Å². The first kappa shape index (κ1) is 11.8. The van der Waals surface area contributed by atoms with Crippen molar-refractivity contribution in [2.75, 3.05) is 7.05 Å². The monoisotopic (exact) mass is 214 g/mol. The number of carboxylic acid groups (broad SMARTS) is 1. The predicted octanol–water partition coefficient (Wildman–Crippen LogP) is 0.899. The molecule has 0 spiro atoms. The molecule has 0 saturated heterocycles. The molecule has 1 saturated carbocycles. The van der Waals surface area contributed by atoms with Gasteiger partial charge in [-0.05, 0) is 32.6 Å². The number of carboxylic acids is 1. The largest absolute Gasteiger partial charge is 0.480 e. The summed E-state index contributed by atoms with van der Waals surface area (Å²) in [6.07, 6.45) is 2.32. The van der Waals surface area contributed by atoms with Crippen molar-refractivity contribution in [2.45, 2.75) is 38.8 Å². The van der Waals surface area contributed by atoms with E-state index < -0.39 is 12.0 Å². The molecule has 5 heteroatoms. The zero-order valence-electron chi connectivity index (χ0n) is 9.36. The molecule has 1 aliphatic carbocycles. The van der Waals surface area contributed by atoms with Crippen LogP contribution in [0, 0.1) is 5.92 Å². The molecular weight excluding hydrogens is 196 g/mol. The van der Waals surface area contributed by atoms with Crippen molar-refractivity contribution < 1.29 is 14.7 Å². The maximum absolute atomic E-state index is 11.6. The summed E-state index contributed by atoms with van der Waals surface area (Å²) in [5, 5.41) is 11.1. The van der Waals surface area contributed by atoms with E-state index >= 15 is 0 Å². The number of hydrogen-bond acceptors (Lipinski definition) is 2. The summed E-state index contributed by atoms with van der Waals surface area (Å²) in [7, 11) is 1.70. The van der Waals surface area contributed by atoms with Crippen molar-refractivity contribution >= 4 is 12.0 Å². The van der Waals surface area contributed by atoms with Gasteiger partial charge in [-0.2, -0.15) is 0 Å². The van der Waals surface area contributed by atoms with Crippen LogP contribution in [0.15, 0.2) is 0 Å². The molecule has 15 heavy (non-hydrogen) atoms. The molecule has 1 rings (SSSR count). The fourth-order valence-corrected chi connectivity index (χ4v) is 1.43. The van der Waals surface area contributed by atoms with Crippen LogP contribution in [-0.4, -0.2) is 41.1 Å². The van der Waals surface area contributed by atoms with Gasteiger partial charge in [-0.15, -0.1) is 0 Å². The average molecular weight is 214 g/mol. The van der Waals surface area contributed by atoms with Crippen LogP contribution in [0.3, 0.4) is 0 Å². The highest BCUT2D eigenvalue weighted by molar-refractivity contribution is 5.82. The molecule has 0 bridgehead atoms. The maximum Gasteiger partial charge on any atom is 0.325 e. The summed E-state index contributed by atoms with van der Waals surface area (Å²) >= 11 is 0. The van der Waals surface area contributed by atoms with Gasteiger partial charge in [0.05, 0.1) is 0 Å². The first-order chi connectivity index (χ1) is 6.93. The molecule has 0 radical (unpaired) electrons. The number of carbonyl (C=O) groups is 2. The highest BCUT2D eigenvalue weighted by Gasteiger charge is 2.32. The van der Waals surface area contributed by atoms with Crippen LogP contribution in [0.1, 0.15) is 26.7 Å². The van der Waals surface area contributed by atoms with Crippen molar-refractivity contribution in [3.8, 4) is 0 Å². The smallest absolute Gasteiger partial charge is 0.325 e. The van der Waals surface area contributed by atoms with Gasteiger partial charge in [0, 0.05) is 13.1 Å². The zero-order chi connectivity index (χ0) is 11.6. The Kier molecular flexibility index (Phi) is 3.55. The second-order valence-corrected chi connectivity index (χ2v) is 4.20. The summed E-state index contributed by atoms with van der Waals surface area (Å²) < 4.78 is 0. The number of carbonyl (C=O) groups excluding carboxylic acids is 1. The Morgan fingerprint density at radius 1 is 1.40 bits per heavy atom. The summed E-state index contributed by atoms with van der Waals surface area (Å²) in [5.41, 5.74) is 0. The number of nitrogens with zero attached hydrogens (tertiary/aromatic N) is 1. The minimum Gasteiger partial charge on any atom is -0.480 e. The van der Waals surface area contributed by atoms with Crippen LogP contribution in [0.4, 0.5) is 4.79 Å². The molecule has 0 heterocycles. The molecule has 1 fully saturated rings. The average Bonchev–Trinajstić information content (AvgIpc) is 2.98. The molecule has 2 amide bonds. The van der Waals surface area contributed by atoms with Gasteiger partial charge in [-0.25, -0.2) is 4.79 Å². The summed E-state index contributed by atoms with van der Waals surface area (Å²) in [6.45, 7) is 3.44. The van der Waals surface area contributed by atoms with E-state index in [1.54, 1.807) is 11.9 Å². The molecular formula is C10H18N2O3. The fourth-order valence-electron chi connectivity index (χ4n) is 1.43. The van der Waals surface area contributed by atoms with Crippen LogP contribution in [0.5, 0.6) is 0 Å². The molecule has 2 N–H and O–H groups in total. The zero-order valence-corrected chi connectivity index (χ0v) is 9.36. The lowest BCUT2D eigenvalue weighted by molar-refractivity contribution is -0.138. The maximum atomic E-state index is 11.6. The Morgan fingerprint density at radius 3 is 2.33 bits per heavy atom. The quantitative estimate of drug-likeness (QED) is 0.730. The topological polar surface area (TPSA) is 69.6 Å². The molecule has 5 nitrogen and oxygen atoms in total. The third-order valence-corrected chi connectivity index (χ3v) is 2.95. The Bertz CT molecular complexity index is 263. The molecule has 2 atom stereocenters. The molecule has 1 unspecified atom stereocenters. The second kappa shape index (κ2) is 4.51. The van der Waals surface area contributed by atoms with E-state index in [1.165, 1.54) is 6.92 Å². The number of hydrogen-bond donors (Lipinski definition) is 2. The highest BCUT2D eigenvalue weighted by Crippen LogP contribution is 2.34. The minimum atomic E-state index is -1.02. The van der Waals surface area contributed by atoms with E-state index in [1.807, 2.05) is 6.92 Å². The lowest BCUT2D eigenvalue weighted by Crippen LogP contribution is -2.48. The summed E-state index contributed by atoms with van der Waals surface area (Å²) in [6, 6.07) is -0.971. The van der Waals surface area contributed by atoms with Crippen LogP contribution in [0.25, 0.3) is 0 Å². The Balaban J connectivity index is 2.41. The summed E-state index contributed by atoms with van der Waals surface area (Å²) in [4.78, 5) is 23.7. The number of urea groups is 1. The van der Waals surface area contributed by atoms with Gasteiger partial charge in [0.2, 0.25) is 0 Å². The van der Waals surface area contributed by atoms with Crippen molar-refractivity contribution in [2.24, 2.45) is 5.92 Å². The lowest BCUT2D eigenvalue weighted by atomic mass is 10.2. The van der Waals surface area contributed by atoms with Crippen molar-refractivity contribution in [1.29, 1.82) is 0 Å². The minimum absolute atomic E-state index is 0.186. The van der Waals surface area contributed by atoms with Crippen LogP contribution in [-0.2, 0) is 4.79 Å². The van der Waals surface area contributed by atoms with Crippen LogP contribution < -0.4 is 5.32 Å². The number of aliphatic carboxylic acids is 1. The van der Waals surface area contributed by atoms with Gasteiger partial charge in [0.15, 0.2) is 0 Å². The molecule has 0 aliphatic heterocycles. The van der Waals surface area contributed by atoms with Crippen molar-refractivity contribution in [1.82, 2.24) is 10.2 Å². The lowest BCUT2D eigenvalue weighted by Gasteiger charge is -2.26. The SMILES string of the molecule is CC(C1CC1)N(C)C(=O)N[C@@H](C)C(=O)O.